The molecule has 0 aromatic heterocycles. The van der Waals surface area contributed by atoms with Crippen LogP contribution < -0.4 is 0 Å². The van der Waals surface area contributed by atoms with Gasteiger partial charge in [0.2, 0.25) is 0 Å². The largest absolute Gasteiger partial charge is 0.389 e. The van der Waals surface area contributed by atoms with Gasteiger partial charge in [0.05, 0.1) is 6.10 Å². The lowest BCUT2D eigenvalue weighted by molar-refractivity contribution is -0.0641. The number of allylic oxidation sites excluding steroid dienone is 1. The molecule has 0 amide bonds. The van der Waals surface area contributed by atoms with Gasteiger partial charge in [0, 0.05) is 13.7 Å². The average molecular weight is 319 g/mol. The van der Waals surface area contributed by atoms with Gasteiger partial charge in [-0.25, -0.2) is 0 Å². The molecule has 0 spiro atoms. The number of fused-ring (bicyclic) bond motifs is 5. The second kappa shape index (κ2) is 5.59. The van der Waals surface area contributed by atoms with E-state index < -0.39 is 0 Å². The van der Waals surface area contributed by atoms with Gasteiger partial charge in [-0.2, -0.15) is 0 Å². The van der Waals surface area contributed by atoms with Crippen molar-refractivity contribution in [1.29, 1.82) is 0 Å². The van der Waals surface area contributed by atoms with Crippen LogP contribution in [0.3, 0.4) is 0 Å². The number of methoxy groups -OCH3 is 1. The first-order valence-electron chi connectivity index (χ1n) is 9.87. The predicted molar refractivity (Wildman–Crippen MR) is 93.1 cm³/mol. The molecule has 3 saturated carbocycles. The third kappa shape index (κ3) is 2.28. The lowest BCUT2D eigenvalue weighted by Gasteiger charge is -2.58. The summed E-state index contributed by atoms with van der Waals surface area (Å²) >= 11 is 0. The molecule has 3 fully saturated rings. The predicted octanol–water partition coefficient (Wildman–Crippen LogP) is 4.57. The van der Waals surface area contributed by atoms with Gasteiger partial charge < -0.3 is 9.84 Å². The fraction of sp³-hybridized carbons (Fsp3) is 0.905. The zero-order valence-electron chi connectivity index (χ0n) is 15.2. The van der Waals surface area contributed by atoms with Crippen molar-refractivity contribution in [1.82, 2.24) is 0 Å². The number of aliphatic hydroxyl groups excluding tert-OH is 1. The maximum Gasteiger partial charge on any atom is 0.0724 e. The maximum absolute atomic E-state index is 10.1. The Morgan fingerprint density at radius 2 is 1.91 bits per heavy atom. The smallest absolute Gasteiger partial charge is 0.0724 e. The Labute approximate surface area is 141 Å². The van der Waals surface area contributed by atoms with Gasteiger partial charge in [0.15, 0.2) is 0 Å². The number of aliphatic hydroxyl groups is 1. The molecule has 0 bridgehead atoms. The molecule has 0 radical (unpaired) electrons. The van der Waals surface area contributed by atoms with Crippen molar-refractivity contribution in [3.05, 3.63) is 11.6 Å². The zero-order chi connectivity index (χ0) is 16.2. The third-order valence-corrected chi connectivity index (χ3v) is 8.65. The molecule has 0 saturated heterocycles. The first kappa shape index (κ1) is 16.1. The Balaban J connectivity index is 1.62. The van der Waals surface area contributed by atoms with Gasteiger partial charge in [0.1, 0.15) is 0 Å². The lowest BCUT2D eigenvalue weighted by atomic mass is 9.47. The summed E-state index contributed by atoms with van der Waals surface area (Å²) in [5.74, 6) is 3.45. The molecule has 4 aliphatic rings. The second-order valence-electron chi connectivity index (χ2n) is 9.41. The lowest BCUT2D eigenvalue weighted by Crippen LogP contribution is -2.51. The molecule has 0 aromatic carbocycles. The standard InChI is InChI=1S/C21H34O2/c1-20-10-8-16(22)12-14(20)4-6-17-18-7-5-15(13-23-3)21(18,2)11-9-19(17)20/h12,15-19,22H,4-11,13H2,1-3H3/t15?,16?,17-,18-,19+,20-,21+/m0/s1. The van der Waals surface area contributed by atoms with Gasteiger partial charge in [-0.15, -0.1) is 0 Å². The van der Waals surface area contributed by atoms with Crippen LogP contribution in [-0.4, -0.2) is 24.9 Å². The molecule has 23 heavy (non-hydrogen) atoms. The van der Waals surface area contributed by atoms with E-state index in [2.05, 4.69) is 19.9 Å². The SMILES string of the molecule is COCC1CC[C@H]2[C@@H]3CCC4=CC(O)CC[C@]4(C)[C@@H]3CC[C@]12C. The van der Waals surface area contributed by atoms with Gasteiger partial charge in [-0.05, 0) is 85.9 Å². The number of hydrogen-bond donors (Lipinski definition) is 1. The molecule has 130 valence electrons. The molecule has 7 atom stereocenters. The quantitative estimate of drug-likeness (QED) is 0.756. The van der Waals surface area contributed by atoms with Crippen LogP contribution in [0.4, 0.5) is 0 Å². The molecule has 1 N–H and O–H groups in total. The van der Waals surface area contributed by atoms with Crippen molar-refractivity contribution in [2.75, 3.05) is 13.7 Å². The molecule has 2 unspecified atom stereocenters. The van der Waals surface area contributed by atoms with E-state index in [4.69, 9.17) is 4.74 Å². The highest BCUT2D eigenvalue weighted by Gasteiger charge is 2.58. The van der Waals surface area contributed by atoms with E-state index in [0.717, 1.165) is 36.7 Å². The minimum atomic E-state index is -0.180. The molecule has 0 aliphatic heterocycles. The summed E-state index contributed by atoms with van der Waals surface area (Å²) < 4.78 is 5.56. The maximum atomic E-state index is 10.1. The highest BCUT2D eigenvalue weighted by molar-refractivity contribution is 5.25. The molecule has 2 nitrogen and oxygen atoms in total. The Morgan fingerprint density at radius 1 is 1.09 bits per heavy atom. The van der Waals surface area contributed by atoms with Crippen molar-refractivity contribution in [2.24, 2.45) is 34.5 Å². The van der Waals surface area contributed by atoms with Crippen molar-refractivity contribution >= 4 is 0 Å². The molecule has 2 heteroatoms. The number of ether oxygens (including phenoxy) is 1. The van der Waals surface area contributed by atoms with Crippen molar-refractivity contribution < 1.29 is 9.84 Å². The Hall–Kier alpha value is -0.340. The van der Waals surface area contributed by atoms with Crippen molar-refractivity contribution in [3.63, 3.8) is 0 Å². The van der Waals surface area contributed by atoms with Crippen LogP contribution in [-0.2, 0) is 4.74 Å². The van der Waals surface area contributed by atoms with E-state index in [0.29, 0.717) is 10.8 Å². The van der Waals surface area contributed by atoms with E-state index in [1.807, 2.05) is 7.11 Å². The monoisotopic (exact) mass is 318 g/mol. The Kier molecular flexibility index (Phi) is 3.93. The van der Waals surface area contributed by atoms with Crippen LogP contribution >= 0.6 is 0 Å². The van der Waals surface area contributed by atoms with Crippen LogP contribution in [0.1, 0.15) is 65.2 Å². The average Bonchev–Trinajstić information content (AvgIpc) is 2.85. The fourth-order valence-corrected chi connectivity index (χ4v) is 7.29. The third-order valence-electron chi connectivity index (χ3n) is 8.65. The van der Waals surface area contributed by atoms with Crippen molar-refractivity contribution in [2.45, 2.75) is 71.3 Å². The van der Waals surface area contributed by atoms with E-state index in [9.17, 15) is 5.11 Å². The summed E-state index contributed by atoms with van der Waals surface area (Å²) in [7, 11) is 1.87. The van der Waals surface area contributed by atoms with Gasteiger partial charge in [0.25, 0.3) is 0 Å². The first-order valence-corrected chi connectivity index (χ1v) is 9.87. The Morgan fingerprint density at radius 3 is 2.70 bits per heavy atom. The topological polar surface area (TPSA) is 29.5 Å². The highest BCUT2D eigenvalue weighted by atomic mass is 16.5. The van der Waals surface area contributed by atoms with Gasteiger partial charge in [-0.1, -0.05) is 25.5 Å². The van der Waals surface area contributed by atoms with E-state index in [1.165, 1.54) is 44.9 Å². The molecular formula is C21H34O2. The fourth-order valence-electron chi connectivity index (χ4n) is 7.29. The van der Waals surface area contributed by atoms with Crippen molar-refractivity contribution in [3.8, 4) is 0 Å². The van der Waals surface area contributed by atoms with Crippen LogP contribution in [0, 0.1) is 34.5 Å². The summed E-state index contributed by atoms with van der Waals surface area (Å²) in [4.78, 5) is 0. The number of rotatable bonds is 2. The second-order valence-corrected chi connectivity index (χ2v) is 9.41. The number of hydrogen-bond acceptors (Lipinski definition) is 2. The van der Waals surface area contributed by atoms with Crippen LogP contribution in [0.5, 0.6) is 0 Å². The summed E-state index contributed by atoms with van der Waals surface area (Å²) in [5, 5.41) is 10.1. The van der Waals surface area contributed by atoms with Crippen LogP contribution in [0.2, 0.25) is 0 Å². The zero-order valence-corrected chi connectivity index (χ0v) is 15.2. The first-order chi connectivity index (χ1) is 11.0. The van der Waals surface area contributed by atoms with E-state index in [-0.39, 0.29) is 6.10 Å². The molecular weight excluding hydrogens is 284 g/mol. The summed E-state index contributed by atoms with van der Waals surface area (Å²) in [6.07, 6.45) is 12.4. The summed E-state index contributed by atoms with van der Waals surface area (Å²) in [6.45, 7) is 6.05. The van der Waals surface area contributed by atoms with Gasteiger partial charge >= 0.3 is 0 Å². The minimum Gasteiger partial charge on any atom is -0.389 e. The molecule has 0 heterocycles. The molecule has 0 aromatic rings. The summed E-state index contributed by atoms with van der Waals surface area (Å²) in [6, 6.07) is 0. The Bertz CT molecular complexity index is 498. The molecule has 4 rings (SSSR count). The minimum absolute atomic E-state index is 0.180. The van der Waals surface area contributed by atoms with E-state index >= 15 is 0 Å². The van der Waals surface area contributed by atoms with Crippen LogP contribution in [0.15, 0.2) is 11.6 Å². The van der Waals surface area contributed by atoms with Gasteiger partial charge in [-0.3, -0.25) is 0 Å². The van der Waals surface area contributed by atoms with E-state index in [1.54, 1.807) is 5.57 Å². The molecule has 4 aliphatic carbocycles. The normalized spacial score (nSPS) is 52.3. The highest BCUT2D eigenvalue weighted by Crippen LogP contribution is 2.66. The van der Waals surface area contributed by atoms with Crippen LogP contribution in [0.25, 0.3) is 0 Å². The summed E-state index contributed by atoms with van der Waals surface area (Å²) in [5.41, 5.74) is 2.48.